The maximum atomic E-state index is 12.5. The van der Waals surface area contributed by atoms with Crippen molar-refractivity contribution >= 4 is 28.6 Å². The largest absolute Gasteiger partial charge is 0.396 e. The summed E-state index contributed by atoms with van der Waals surface area (Å²) in [5, 5.41) is 14.2. The molecule has 4 nitrogen and oxygen atoms in total. The minimum Gasteiger partial charge on any atom is -0.396 e. The van der Waals surface area contributed by atoms with Gasteiger partial charge in [-0.05, 0) is 30.2 Å². The average Bonchev–Trinajstić information content (AvgIpc) is 3.17. The molecule has 1 aliphatic heterocycles. The van der Waals surface area contributed by atoms with Crippen LogP contribution in [-0.2, 0) is 0 Å². The van der Waals surface area contributed by atoms with E-state index in [0.717, 1.165) is 30.0 Å². The number of aliphatic hydroxyl groups excluding tert-OH is 1. The quantitative estimate of drug-likeness (QED) is 0.948. The number of hydrogen-bond donors (Lipinski definition) is 1. The number of likely N-dealkylation sites (tertiary alicyclic amines) is 1. The van der Waals surface area contributed by atoms with Gasteiger partial charge in [0.1, 0.15) is 9.88 Å². The number of piperidine rings is 1. The second kappa shape index (κ2) is 6.03. The van der Waals surface area contributed by atoms with Crippen molar-refractivity contribution in [2.75, 3.05) is 19.7 Å². The minimum absolute atomic E-state index is 0.0436. The molecule has 1 atom stereocenters. The van der Waals surface area contributed by atoms with Gasteiger partial charge in [-0.3, -0.25) is 4.79 Å². The topological polar surface area (TPSA) is 53.4 Å². The first-order chi connectivity index (χ1) is 9.78. The monoisotopic (exact) mass is 308 g/mol. The van der Waals surface area contributed by atoms with Crippen molar-refractivity contribution in [2.45, 2.75) is 12.8 Å². The molecule has 1 fully saturated rings. The zero-order valence-corrected chi connectivity index (χ0v) is 12.6. The molecule has 1 unspecified atom stereocenters. The number of aromatic nitrogens is 1. The molecule has 3 heterocycles. The SMILES string of the molecule is O=C(c1cnc(-c2ccsc2)s1)N1CCCC(CO)C1. The van der Waals surface area contributed by atoms with Gasteiger partial charge >= 0.3 is 0 Å². The van der Waals surface area contributed by atoms with E-state index in [1.807, 2.05) is 21.7 Å². The maximum Gasteiger partial charge on any atom is 0.265 e. The summed E-state index contributed by atoms with van der Waals surface area (Å²) < 4.78 is 0. The Hall–Kier alpha value is -1.24. The van der Waals surface area contributed by atoms with Crippen molar-refractivity contribution < 1.29 is 9.90 Å². The van der Waals surface area contributed by atoms with Gasteiger partial charge in [0.25, 0.3) is 5.91 Å². The molecule has 1 amide bonds. The average molecular weight is 308 g/mol. The summed E-state index contributed by atoms with van der Waals surface area (Å²) in [4.78, 5) is 19.3. The Bertz CT molecular complexity index is 580. The van der Waals surface area contributed by atoms with E-state index < -0.39 is 0 Å². The van der Waals surface area contributed by atoms with Crippen LogP contribution in [0.3, 0.4) is 0 Å². The molecule has 0 spiro atoms. The predicted octanol–water partition coefficient (Wildman–Crippen LogP) is 2.72. The van der Waals surface area contributed by atoms with Crippen LogP contribution in [0.5, 0.6) is 0 Å². The fraction of sp³-hybridized carbons (Fsp3) is 0.429. The van der Waals surface area contributed by atoms with Crippen molar-refractivity contribution in [3.8, 4) is 10.6 Å². The Labute approximate surface area is 125 Å². The van der Waals surface area contributed by atoms with Gasteiger partial charge in [0.2, 0.25) is 0 Å². The number of thiophene rings is 1. The van der Waals surface area contributed by atoms with Gasteiger partial charge in [-0.15, -0.1) is 11.3 Å². The fourth-order valence-electron chi connectivity index (χ4n) is 2.45. The van der Waals surface area contributed by atoms with Crippen LogP contribution in [0.2, 0.25) is 0 Å². The van der Waals surface area contributed by atoms with Crippen LogP contribution in [0.1, 0.15) is 22.5 Å². The van der Waals surface area contributed by atoms with E-state index in [-0.39, 0.29) is 18.4 Å². The van der Waals surface area contributed by atoms with Gasteiger partial charge in [0.15, 0.2) is 0 Å². The van der Waals surface area contributed by atoms with E-state index in [0.29, 0.717) is 11.4 Å². The molecule has 0 radical (unpaired) electrons. The van der Waals surface area contributed by atoms with Crippen molar-refractivity contribution in [3.63, 3.8) is 0 Å². The predicted molar refractivity (Wildman–Crippen MR) is 81.1 cm³/mol. The third kappa shape index (κ3) is 2.77. The highest BCUT2D eigenvalue weighted by atomic mass is 32.1. The fourth-order valence-corrected chi connectivity index (χ4v) is 4.04. The number of aliphatic hydroxyl groups is 1. The molecule has 3 rings (SSSR count). The summed E-state index contributed by atoms with van der Waals surface area (Å²) in [6.45, 7) is 1.59. The second-order valence-electron chi connectivity index (χ2n) is 4.98. The van der Waals surface area contributed by atoms with E-state index in [1.165, 1.54) is 11.3 Å². The summed E-state index contributed by atoms with van der Waals surface area (Å²) in [6, 6.07) is 2.01. The third-order valence-corrected chi connectivity index (χ3v) is 5.27. The molecule has 0 aromatic carbocycles. The highest BCUT2D eigenvalue weighted by Gasteiger charge is 2.25. The number of thiazole rings is 1. The van der Waals surface area contributed by atoms with Crippen LogP contribution in [0.15, 0.2) is 23.0 Å². The van der Waals surface area contributed by atoms with Gasteiger partial charge in [-0.1, -0.05) is 0 Å². The molecule has 6 heteroatoms. The van der Waals surface area contributed by atoms with Crippen LogP contribution in [0, 0.1) is 5.92 Å². The molecular formula is C14H16N2O2S2. The van der Waals surface area contributed by atoms with E-state index >= 15 is 0 Å². The van der Waals surface area contributed by atoms with E-state index in [2.05, 4.69) is 4.98 Å². The van der Waals surface area contributed by atoms with Crippen molar-refractivity contribution in [3.05, 3.63) is 27.9 Å². The van der Waals surface area contributed by atoms with Crippen molar-refractivity contribution in [2.24, 2.45) is 5.92 Å². The minimum atomic E-state index is 0.0436. The van der Waals surface area contributed by atoms with Gasteiger partial charge < -0.3 is 10.0 Å². The zero-order chi connectivity index (χ0) is 13.9. The van der Waals surface area contributed by atoms with Crippen LogP contribution in [0.25, 0.3) is 10.6 Å². The second-order valence-corrected chi connectivity index (χ2v) is 6.79. The van der Waals surface area contributed by atoms with Gasteiger partial charge in [-0.25, -0.2) is 4.98 Å². The zero-order valence-electron chi connectivity index (χ0n) is 11.0. The van der Waals surface area contributed by atoms with Crippen LogP contribution in [-0.4, -0.2) is 40.6 Å². The summed E-state index contributed by atoms with van der Waals surface area (Å²) in [5.74, 6) is 0.263. The molecule has 2 aromatic heterocycles. The highest BCUT2D eigenvalue weighted by molar-refractivity contribution is 7.17. The molecule has 2 aromatic rings. The molecule has 0 aliphatic carbocycles. The van der Waals surface area contributed by atoms with Crippen LogP contribution in [0.4, 0.5) is 0 Å². The van der Waals surface area contributed by atoms with Crippen LogP contribution < -0.4 is 0 Å². The maximum absolute atomic E-state index is 12.5. The Balaban J connectivity index is 1.74. The van der Waals surface area contributed by atoms with E-state index in [1.54, 1.807) is 17.5 Å². The number of rotatable bonds is 3. The first-order valence-electron chi connectivity index (χ1n) is 6.66. The first kappa shape index (κ1) is 13.7. The number of amides is 1. The smallest absolute Gasteiger partial charge is 0.265 e. The molecule has 1 N–H and O–H groups in total. The summed E-state index contributed by atoms with van der Waals surface area (Å²) >= 11 is 3.07. The normalized spacial score (nSPS) is 19.2. The summed E-state index contributed by atoms with van der Waals surface area (Å²) in [5.41, 5.74) is 1.07. The molecule has 106 valence electrons. The molecule has 1 aliphatic rings. The van der Waals surface area contributed by atoms with Gasteiger partial charge in [0, 0.05) is 30.6 Å². The Kier molecular flexibility index (Phi) is 4.14. The number of carbonyl (C=O) groups is 1. The van der Waals surface area contributed by atoms with E-state index in [4.69, 9.17) is 0 Å². The Morgan fingerprint density at radius 1 is 1.55 bits per heavy atom. The van der Waals surface area contributed by atoms with E-state index in [9.17, 15) is 9.90 Å². The lowest BCUT2D eigenvalue weighted by atomic mass is 9.99. The highest BCUT2D eigenvalue weighted by Crippen LogP contribution is 2.28. The number of nitrogens with zero attached hydrogens (tertiary/aromatic N) is 2. The Morgan fingerprint density at radius 3 is 3.20 bits per heavy atom. The molecule has 20 heavy (non-hydrogen) atoms. The van der Waals surface area contributed by atoms with Crippen LogP contribution >= 0.6 is 22.7 Å². The van der Waals surface area contributed by atoms with Crippen molar-refractivity contribution in [1.29, 1.82) is 0 Å². The van der Waals surface area contributed by atoms with Crippen molar-refractivity contribution in [1.82, 2.24) is 9.88 Å². The third-order valence-electron chi connectivity index (χ3n) is 3.55. The Morgan fingerprint density at radius 2 is 2.45 bits per heavy atom. The first-order valence-corrected chi connectivity index (χ1v) is 8.42. The lowest BCUT2D eigenvalue weighted by Crippen LogP contribution is -2.40. The number of hydrogen-bond acceptors (Lipinski definition) is 5. The molecule has 0 saturated carbocycles. The molecular weight excluding hydrogens is 292 g/mol. The lowest BCUT2D eigenvalue weighted by molar-refractivity contribution is 0.0625. The van der Waals surface area contributed by atoms with Gasteiger partial charge in [-0.2, -0.15) is 11.3 Å². The summed E-state index contributed by atoms with van der Waals surface area (Å²) in [7, 11) is 0. The molecule has 1 saturated heterocycles. The number of carbonyl (C=O) groups excluding carboxylic acids is 1. The summed E-state index contributed by atoms with van der Waals surface area (Å²) in [6.07, 6.45) is 3.64. The lowest BCUT2D eigenvalue weighted by Gasteiger charge is -2.31. The standard InChI is InChI=1S/C14H16N2O2S2/c17-8-10-2-1-4-16(7-10)14(18)12-6-15-13(20-12)11-3-5-19-9-11/h3,5-6,9-10,17H,1-2,4,7-8H2. The van der Waals surface area contributed by atoms with Gasteiger partial charge in [0.05, 0.1) is 6.20 Å². The molecule has 0 bridgehead atoms.